The van der Waals surface area contributed by atoms with E-state index < -0.39 is 0 Å². The molecule has 0 aromatic carbocycles. The van der Waals surface area contributed by atoms with Crippen LogP contribution in [0.15, 0.2) is 53.0 Å². The van der Waals surface area contributed by atoms with E-state index in [1.807, 2.05) is 24.4 Å². The number of ether oxygens (including phenoxy) is 4. The highest BCUT2D eigenvalue weighted by Crippen LogP contribution is 2.34. The summed E-state index contributed by atoms with van der Waals surface area (Å²) in [6.45, 7) is 2.57. The molecule has 0 N–H and O–H groups in total. The third kappa shape index (κ3) is 4.77. The van der Waals surface area contributed by atoms with Crippen molar-refractivity contribution in [2.24, 2.45) is 0 Å². The van der Waals surface area contributed by atoms with Crippen LogP contribution in [0.5, 0.6) is 11.8 Å². The zero-order chi connectivity index (χ0) is 22.6. The number of pyridine rings is 1. The molecule has 8 nitrogen and oxygen atoms in total. The van der Waals surface area contributed by atoms with Crippen LogP contribution in [0.1, 0.15) is 30.5 Å². The molecule has 1 aliphatic carbocycles. The lowest BCUT2D eigenvalue weighted by Gasteiger charge is -2.23. The molecule has 1 atom stereocenters. The minimum absolute atomic E-state index is 0.153. The van der Waals surface area contributed by atoms with Gasteiger partial charge in [-0.3, -0.25) is 4.57 Å². The molecule has 5 rings (SSSR count). The summed E-state index contributed by atoms with van der Waals surface area (Å²) >= 11 is 0. The second-order valence-electron chi connectivity index (χ2n) is 8.20. The van der Waals surface area contributed by atoms with Crippen LogP contribution in [-0.2, 0) is 16.0 Å². The van der Waals surface area contributed by atoms with Crippen molar-refractivity contribution in [2.75, 3.05) is 33.5 Å². The minimum Gasteiger partial charge on any atom is -0.481 e. The first-order chi connectivity index (χ1) is 16.2. The molecule has 33 heavy (non-hydrogen) atoms. The van der Waals surface area contributed by atoms with Gasteiger partial charge in [0.15, 0.2) is 0 Å². The first-order valence-corrected chi connectivity index (χ1v) is 11.3. The van der Waals surface area contributed by atoms with Crippen LogP contribution < -0.4 is 15.2 Å². The number of hydrogen-bond donors (Lipinski definition) is 0. The van der Waals surface area contributed by atoms with Crippen LogP contribution in [0.25, 0.3) is 11.1 Å². The van der Waals surface area contributed by atoms with E-state index >= 15 is 0 Å². The molecular formula is C25H27N3O5. The standard InChI is InChI=1S/C25H27N3O5/c1-30-23-9-7-19(14-26-23)17-4-5-18-3-2-10-28-22(21(18)8-6-17)13-24(27-25(28)29)33-16-20-15-31-11-12-32-20/h4,6-9,13-14,20H,2-3,5,10-12,15-16H2,1H3. The highest BCUT2D eigenvalue weighted by molar-refractivity contribution is 5.84. The average molecular weight is 450 g/mol. The number of aromatic nitrogens is 3. The SMILES string of the molecule is COc1ccc(C2=CCC3=C(C=C2)c2cc(OCC4COCCO4)nc(=O)n2CCC3)cn1. The average Bonchev–Trinajstić information content (AvgIpc) is 3.17. The highest BCUT2D eigenvalue weighted by Gasteiger charge is 2.21. The molecule has 3 aliphatic rings. The van der Waals surface area contributed by atoms with E-state index in [1.165, 1.54) is 5.57 Å². The Kier molecular flexibility index (Phi) is 6.37. The lowest BCUT2D eigenvalue weighted by Crippen LogP contribution is -2.34. The predicted molar refractivity (Wildman–Crippen MR) is 123 cm³/mol. The summed E-state index contributed by atoms with van der Waals surface area (Å²) in [6.07, 6.45) is 10.7. The largest absolute Gasteiger partial charge is 0.481 e. The van der Waals surface area contributed by atoms with E-state index in [9.17, 15) is 4.79 Å². The Morgan fingerprint density at radius 3 is 2.94 bits per heavy atom. The summed E-state index contributed by atoms with van der Waals surface area (Å²) in [7, 11) is 1.61. The normalized spacial score (nSPS) is 20.3. The first-order valence-electron chi connectivity index (χ1n) is 11.3. The van der Waals surface area contributed by atoms with Gasteiger partial charge in [0.05, 0.1) is 32.6 Å². The maximum absolute atomic E-state index is 12.8. The van der Waals surface area contributed by atoms with Gasteiger partial charge >= 0.3 is 5.69 Å². The van der Waals surface area contributed by atoms with Gasteiger partial charge in [-0.2, -0.15) is 4.98 Å². The Morgan fingerprint density at radius 2 is 2.15 bits per heavy atom. The van der Waals surface area contributed by atoms with Gasteiger partial charge in [0, 0.05) is 24.9 Å². The zero-order valence-electron chi connectivity index (χ0n) is 18.7. The quantitative estimate of drug-likeness (QED) is 0.694. The number of allylic oxidation sites excluding steroid dienone is 6. The zero-order valence-corrected chi connectivity index (χ0v) is 18.7. The fourth-order valence-electron chi connectivity index (χ4n) is 4.35. The van der Waals surface area contributed by atoms with Crippen molar-refractivity contribution >= 4 is 11.1 Å². The molecule has 0 spiro atoms. The molecule has 1 unspecified atom stereocenters. The summed E-state index contributed by atoms with van der Waals surface area (Å²) in [5, 5.41) is 0. The molecule has 172 valence electrons. The second-order valence-corrected chi connectivity index (χ2v) is 8.20. The van der Waals surface area contributed by atoms with E-state index in [4.69, 9.17) is 18.9 Å². The molecule has 0 amide bonds. The van der Waals surface area contributed by atoms with E-state index in [0.29, 0.717) is 44.7 Å². The van der Waals surface area contributed by atoms with Gasteiger partial charge in [0.1, 0.15) is 12.7 Å². The van der Waals surface area contributed by atoms with Gasteiger partial charge < -0.3 is 18.9 Å². The van der Waals surface area contributed by atoms with Crippen LogP contribution in [0.2, 0.25) is 0 Å². The van der Waals surface area contributed by atoms with Crippen LogP contribution in [0.3, 0.4) is 0 Å². The van der Waals surface area contributed by atoms with Gasteiger partial charge in [0.2, 0.25) is 11.8 Å². The van der Waals surface area contributed by atoms with Gasteiger partial charge in [-0.15, -0.1) is 0 Å². The molecule has 0 radical (unpaired) electrons. The van der Waals surface area contributed by atoms with Crippen LogP contribution in [0, 0.1) is 0 Å². The van der Waals surface area contributed by atoms with Crippen molar-refractivity contribution in [3.05, 3.63) is 69.9 Å². The summed E-state index contributed by atoms with van der Waals surface area (Å²) in [4.78, 5) is 21.3. The Morgan fingerprint density at radius 1 is 1.21 bits per heavy atom. The van der Waals surface area contributed by atoms with Gasteiger partial charge in [-0.25, -0.2) is 9.78 Å². The third-order valence-electron chi connectivity index (χ3n) is 6.08. The van der Waals surface area contributed by atoms with Crippen LogP contribution >= 0.6 is 0 Å². The summed E-state index contributed by atoms with van der Waals surface area (Å²) in [6, 6.07) is 5.73. The highest BCUT2D eigenvalue weighted by atomic mass is 16.6. The molecule has 2 aromatic heterocycles. The Bertz CT molecular complexity index is 1160. The molecule has 0 saturated carbocycles. The van der Waals surface area contributed by atoms with Crippen molar-refractivity contribution in [1.82, 2.24) is 14.5 Å². The Balaban J connectivity index is 1.42. The maximum Gasteiger partial charge on any atom is 0.351 e. The maximum atomic E-state index is 12.8. The summed E-state index contributed by atoms with van der Waals surface area (Å²) < 4.78 is 23.8. The van der Waals surface area contributed by atoms with E-state index in [1.54, 1.807) is 11.7 Å². The van der Waals surface area contributed by atoms with Crippen molar-refractivity contribution < 1.29 is 18.9 Å². The fourth-order valence-corrected chi connectivity index (χ4v) is 4.35. The molecule has 4 heterocycles. The van der Waals surface area contributed by atoms with Crippen LogP contribution in [0.4, 0.5) is 0 Å². The molecule has 1 fully saturated rings. The number of hydrogen-bond acceptors (Lipinski definition) is 7. The van der Waals surface area contributed by atoms with Crippen molar-refractivity contribution in [2.45, 2.75) is 31.9 Å². The second kappa shape index (κ2) is 9.72. The van der Waals surface area contributed by atoms with E-state index in [2.05, 4.69) is 28.2 Å². The molecule has 2 aromatic rings. The van der Waals surface area contributed by atoms with Gasteiger partial charge in [0.25, 0.3) is 0 Å². The summed E-state index contributed by atoms with van der Waals surface area (Å²) in [5.74, 6) is 0.906. The van der Waals surface area contributed by atoms with E-state index in [-0.39, 0.29) is 11.8 Å². The molecular weight excluding hydrogens is 422 g/mol. The number of fused-ring (bicyclic) bond motifs is 2. The lowest BCUT2D eigenvalue weighted by atomic mass is 9.99. The topological polar surface area (TPSA) is 84.7 Å². The fraction of sp³-hybridized carbons (Fsp3) is 0.400. The van der Waals surface area contributed by atoms with Gasteiger partial charge in [-0.05, 0) is 42.0 Å². The monoisotopic (exact) mass is 449 g/mol. The third-order valence-corrected chi connectivity index (χ3v) is 6.08. The van der Waals surface area contributed by atoms with Crippen molar-refractivity contribution in [3.63, 3.8) is 0 Å². The number of methoxy groups -OCH3 is 1. The lowest BCUT2D eigenvalue weighted by molar-refractivity contribution is -0.102. The van der Waals surface area contributed by atoms with Crippen LogP contribution in [-0.4, -0.2) is 54.2 Å². The molecule has 1 saturated heterocycles. The van der Waals surface area contributed by atoms with Gasteiger partial charge in [-0.1, -0.05) is 23.8 Å². The Hall–Kier alpha value is -3.23. The first kappa shape index (κ1) is 21.6. The predicted octanol–water partition coefficient (Wildman–Crippen LogP) is 3.03. The smallest absolute Gasteiger partial charge is 0.351 e. The number of nitrogens with zero attached hydrogens (tertiary/aromatic N) is 3. The van der Waals surface area contributed by atoms with Crippen molar-refractivity contribution in [1.29, 1.82) is 0 Å². The molecule has 8 heteroatoms. The minimum atomic E-state index is -0.290. The number of rotatable bonds is 5. The Labute approximate surface area is 192 Å². The molecule has 2 aliphatic heterocycles. The molecule has 0 bridgehead atoms. The summed E-state index contributed by atoms with van der Waals surface area (Å²) in [5.41, 5.74) is 5.03. The van der Waals surface area contributed by atoms with E-state index in [0.717, 1.165) is 41.7 Å². The van der Waals surface area contributed by atoms with Crippen molar-refractivity contribution in [3.8, 4) is 11.8 Å².